The predicted molar refractivity (Wildman–Crippen MR) is 57.6 cm³/mol. The highest BCUT2D eigenvalue weighted by atomic mass is 32.2. The molecule has 0 saturated carbocycles. The Kier molecular flexibility index (Phi) is 4.38. The normalized spacial score (nSPS) is 12.1. The Bertz CT molecular complexity index is 364. The molecule has 0 saturated heterocycles. The number of anilines is 1. The van der Waals surface area contributed by atoms with Crippen molar-refractivity contribution in [2.45, 2.75) is 19.1 Å². The van der Waals surface area contributed by atoms with Gasteiger partial charge in [-0.3, -0.25) is 9.78 Å². The third-order valence-corrected chi connectivity index (χ3v) is 2.24. The SMILES string of the molecule is CCC(=O)Nc1ccc(CS(=O)O)nc1. The van der Waals surface area contributed by atoms with Gasteiger partial charge in [-0.1, -0.05) is 6.92 Å². The first-order chi connectivity index (χ1) is 7.11. The van der Waals surface area contributed by atoms with Crippen molar-refractivity contribution in [2.75, 3.05) is 5.32 Å². The molecule has 0 aromatic carbocycles. The number of hydrogen-bond donors (Lipinski definition) is 2. The second kappa shape index (κ2) is 5.57. The van der Waals surface area contributed by atoms with Crippen LogP contribution in [0.5, 0.6) is 0 Å². The maximum Gasteiger partial charge on any atom is 0.224 e. The number of pyridine rings is 1. The Labute approximate surface area is 90.2 Å². The standard InChI is InChI=1S/C9H12N2O3S/c1-2-9(12)11-7-3-4-8(10-5-7)6-15(13)14/h3-5H,2,6H2,1H3,(H,11,12)(H,13,14). The van der Waals surface area contributed by atoms with Gasteiger partial charge in [0.05, 0.1) is 23.3 Å². The van der Waals surface area contributed by atoms with Gasteiger partial charge in [0.1, 0.15) is 0 Å². The van der Waals surface area contributed by atoms with Crippen LogP contribution in [0.15, 0.2) is 18.3 Å². The van der Waals surface area contributed by atoms with E-state index in [9.17, 15) is 9.00 Å². The molecule has 15 heavy (non-hydrogen) atoms. The summed E-state index contributed by atoms with van der Waals surface area (Å²) in [7, 11) is 0. The average molecular weight is 228 g/mol. The van der Waals surface area contributed by atoms with Crippen LogP contribution in [0.3, 0.4) is 0 Å². The fourth-order valence-corrected chi connectivity index (χ4v) is 1.38. The molecule has 0 aliphatic heterocycles. The number of carbonyl (C=O) groups excluding carboxylic acids is 1. The van der Waals surface area contributed by atoms with Crippen LogP contribution in [0.1, 0.15) is 19.0 Å². The molecule has 1 amide bonds. The molecule has 0 spiro atoms. The number of rotatable bonds is 4. The zero-order chi connectivity index (χ0) is 11.3. The largest absolute Gasteiger partial charge is 0.325 e. The summed E-state index contributed by atoms with van der Waals surface area (Å²) in [5.74, 6) is -0.0857. The van der Waals surface area contributed by atoms with Gasteiger partial charge in [-0.2, -0.15) is 0 Å². The minimum absolute atomic E-state index is 0.00199. The van der Waals surface area contributed by atoms with E-state index in [0.29, 0.717) is 17.8 Å². The van der Waals surface area contributed by atoms with Gasteiger partial charge in [0.2, 0.25) is 5.91 Å². The van der Waals surface area contributed by atoms with Crippen molar-refractivity contribution in [3.05, 3.63) is 24.0 Å². The summed E-state index contributed by atoms with van der Waals surface area (Å²) >= 11 is -1.89. The van der Waals surface area contributed by atoms with E-state index in [4.69, 9.17) is 4.55 Å². The number of nitrogens with one attached hydrogen (secondary N) is 1. The molecule has 1 rings (SSSR count). The summed E-state index contributed by atoms with van der Waals surface area (Å²) in [6.07, 6.45) is 1.87. The summed E-state index contributed by atoms with van der Waals surface area (Å²) in [6.45, 7) is 1.76. The average Bonchev–Trinajstić information content (AvgIpc) is 2.20. The van der Waals surface area contributed by atoms with E-state index in [2.05, 4.69) is 10.3 Å². The molecule has 1 aromatic heterocycles. The highest BCUT2D eigenvalue weighted by molar-refractivity contribution is 7.78. The number of aromatic nitrogens is 1. The van der Waals surface area contributed by atoms with Crippen LogP contribution in [0.2, 0.25) is 0 Å². The topological polar surface area (TPSA) is 79.3 Å². The van der Waals surface area contributed by atoms with E-state index in [1.54, 1.807) is 19.1 Å². The first-order valence-corrected chi connectivity index (χ1v) is 5.71. The molecule has 82 valence electrons. The van der Waals surface area contributed by atoms with Crippen LogP contribution in [0.4, 0.5) is 5.69 Å². The molecule has 1 heterocycles. The first-order valence-electron chi connectivity index (χ1n) is 4.44. The summed E-state index contributed by atoms with van der Waals surface area (Å²) in [5, 5.41) is 2.63. The highest BCUT2D eigenvalue weighted by Gasteiger charge is 2.01. The van der Waals surface area contributed by atoms with Gasteiger partial charge in [0, 0.05) is 6.42 Å². The van der Waals surface area contributed by atoms with Crippen LogP contribution < -0.4 is 5.32 Å². The molecule has 6 heteroatoms. The van der Waals surface area contributed by atoms with Crippen LogP contribution in [-0.4, -0.2) is 19.7 Å². The van der Waals surface area contributed by atoms with E-state index in [1.807, 2.05) is 0 Å². The Morgan fingerprint density at radius 1 is 1.60 bits per heavy atom. The lowest BCUT2D eigenvalue weighted by atomic mass is 10.3. The zero-order valence-electron chi connectivity index (χ0n) is 8.27. The minimum Gasteiger partial charge on any atom is -0.325 e. The molecular formula is C9H12N2O3S. The van der Waals surface area contributed by atoms with E-state index < -0.39 is 11.1 Å². The van der Waals surface area contributed by atoms with E-state index in [1.165, 1.54) is 6.20 Å². The van der Waals surface area contributed by atoms with Crippen molar-refractivity contribution in [2.24, 2.45) is 0 Å². The predicted octanol–water partition coefficient (Wildman–Crippen LogP) is 1.15. The van der Waals surface area contributed by atoms with Crippen molar-refractivity contribution < 1.29 is 13.6 Å². The van der Waals surface area contributed by atoms with Crippen molar-refractivity contribution in [3.63, 3.8) is 0 Å². The maximum atomic E-state index is 11.0. The molecule has 2 N–H and O–H groups in total. The van der Waals surface area contributed by atoms with Gasteiger partial charge in [-0.25, -0.2) is 4.21 Å². The number of hydrogen-bond acceptors (Lipinski definition) is 3. The lowest BCUT2D eigenvalue weighted by Crippen LogP contribution is -2.09. The fourth-order valence-electron chi connectivity index (χ4n) is 0.960. The van der Waals surface area contributed by atoms with Crippen molar-refractivity contribution in [1.29, 1.82) is 0 Å². The third kappa shape index (κ3) is 4.18. The number of nitrogens with zero attached hydrogens (tertiary/aromatic N) is 1. The lowest BCUT2D eigenvalue weighted by Gasteiger charge is -2.03. The Morgan fingerprint density at radius 3 is 2.80 bits per heavy atom. The van der Waals surface area contributed by atoms with Crippen molar-refractivity contribution >= 4 is 22.7 Å². The van der Waals surface area contributed by atoms with Crippen LogP contribution in [-0.2, 0) is 21.6 Å². The monoisotopic (exact) mass is 228 g/mol. The quantitative estimate of drug-likeness (QED) is 0.758. The Hall–Kier alpha value is -1.27. The molecule has 1 unspecified atom stereocenters. The van der Waals surface area contributed by atoms with Gasteiger partial charge < -0.3 is 9.87 Å². The highest BCUT2D eigenvalue weighted by Crippen LogP contribution is 2.07. The molecule has 1 aromatic rings. The fraction of sp³-hybridized carbons (Fsp3) is 0.333. The lowest BCUT2D eigenvalue weighted by molar-refractivity contribution is -0.115. The van der Waals surface area contributed by atoms with Gasteiger partial charge in [0.15, 0.2) is 11.1 Å². The Morgan fingerprint density at radius 2 is 2.33 bits per heavy atom. The summed E-state index contributed by atoms with van der Waals surface area (Å²) in [5.41, 5.74) is 1.11. The number of carbonyl (C=O) groups is 1. The first kappa shape index (κ1) is 11.8. The molecule has 0 fully saturated rings. The minimum atomic E-state index is -1.89. The van der Waals surface area contributed by atoms with Gasteiger partial charge in [-0.15, -0.1) is 0 Å². The summed E-state index contributed by atoms with van der Waals surface area (Å²) in [6, 6.07) is 3.27. The number of amides is 1. The molecule has 1 atom stereocenters. The molecule has 0 radical (unpaired) electrons. The second-order valence-electron chi connectivity index (χ2n) is 2.91. The van der Waals surface area contributed by atoms with Crippen LogP contribution in [0.25, 0.3) is 0 Å². The van der Waals surface area contributed by atoms with Crippen LogP contribution in [0, 0.1) is 0 Å². The molecule has 5 nitrogen and oxygen atoms in total. The molecular weight excluding hydrogens is 216 g/mol. The van der Waals surface area contributed by atoms with Crippen molar-refractivity contribution in [1.82, 2.24) is 4.98 Å². The zero-order valence-corrected chi connectivity index (χ0v) is 9.08. The van der Waals surface area contributed by atoms with E-state index in [0.717, 1.165) is 0 Å². The van der Waals surface area contributed by atoms with Crippen molar-refractivity contribution in [3.8, 4) is 0 Å². The van der Waals surface area contributed by atoms with E-state index >= 15 is 0 Å². The molecule has 0 aliphatic carbocycles. The summed E-state index contributed by atoms with van der Waals surface area (Å²) < 4.78 is 19.1. The second-order valence-corrected chi connectivity index (χ2v) is 3.84. The van der Waals surface area contributed by atoms with Gasteiger partial charge in [-0.05, 0) is 12.1 Å². The summed E-state index contributed by atoms with van der Waals surface area (Å²) in [4.78, 5) is 15.0. The molecule has 0 bridgehead atoms. The third-order valence-electron chi connectivity index (χ3n) is 1.70. The smallest absolute Gasteiger partial charge is 0.224 e. The van der Waals surface area contributed by atoms with Gasteiger partial charge in [0.25, 0.3) is 0 Å². The molecule has 0 aliphatic rings. The van der Waals surface area contributed by atoms with E-state index in [-0.39, 0.29) is 11.7 Å². The van der Waals surface area contributed by atoms with Gasteiger partial charge >= 0.3 is 0 Å². The maximum absolute atomic E-state index is 11.0. The Balaban J connectivity index is 2.64. The van der Waals surface area contributed by atoms with Crippen LogP contribution >= 0.6 is 0 Å².